The molecule has 0 unspecified atom stereocenters. The quantitative estimate of drug-likeness (QED) is 0.721. The minimum Gasteiger partial charge on any atom is -0.454 e. The second kappa shape index (κ2) is 7.90. The largest absolute Gasteiger partial charge is 0.454 e. The van der Waals surface area contributed by atoms with Gasteiger partial charge in [-0.15, -0.1) is 0 Å². The number of benzene rings is 1. The zero-order valence-electron chi connectivity index (χ0n) is 14.3. The van der Waals surface area contributed by atoms with Crippen LogP contribution in [0, 0.1) is 0 Å². The Kier molecular flexibility index (Phi) is 5.63. The van der Waals surface area contributed by atoms with Gasteiger partial charge in [-0.05, 0) is 36.9 Å². The van der Waals surface area contributed by atoms with E-state index in [0.29, 0.717) is 19.2 Å². The summed E-state index contributed by atoms with van der Waals surface area (Å²) in [7, 11) is 0. The average Bonchev–Trinajstić information content (AvgIpc) is 3.23. The molecule has 3 rings (SSSR count). The van der Waals surface area contributed by atoms with Crippen LogP contribution in [0.5, 0.6) is 11.5 Å². The Bertz CT molecular complexity index is 677. The lowest BCUT2D eigenvalue weighted by atomic mass is 10.2. The van der Waals surface area contributed by atoms with Crippen LogP contribution in [0.4, 0.5) is 0 Å². The van der Waals surface area contributed by atoms with Gasteiger partial charge in [-0.1, -0.05) is 25.1 Å². The second-order valence-corrected chi connectivity index (χ2v) is 7.25. The van der Waals surface area contributed by atoms with Crippen LogP contribution in [0.25, 0.3) is 0 Å². The molecule has 0 amide bonds. The Morgan fingerprint density at radius 2 is 2.04 bits per heavy atom. The minimum absolute atomic E-state index is 0.261. The molecule has 24 heavy (non-hydrogen) atoms. The molecule has 0 saturated heterocycles. The number of ether oxygens (including phenoxy) is 2. The van der Waals surface area contributed by atoms with Crippen LogP contribution in [-0.4, -0.2) is 34.1 Å². The highest BCUT2D eigenvalue weighted by molar-refractivity contribution is 7.99. The lowest BCUT2D eigenvalue weighted by Crippen LogP contribution is -2.22. The number of rotatable bonds is 8. The van der Waals surface area contributed by atoms with Gasteiger partial charge in [0, 0.05) is 6.54 Å². The van der Waals surface area contributed by atoms with Crippen molar-refractivity contribution in [2.24, 2.45) is 0 Å². The van der Waals surface area contributed by atoms with Gasteiger partial charge in [0.15, 0.2) is 17.3 Å². The highest BCUT2D eigenvalue weighted by atomic mass is 32.2. The number of thioether (sulfide) groups is 1. The monoisotopic (exact) mass is 349 g/mol. The lowest BCUT2D eigenvalue weighted by Gasteiger charge is -2.18. The van der Waals surface area contributed by atoms with E-state index in [9.17, 15) is 0 Å². The van der Waals surface area contributed by atoms with Crippen molar-refractivity contribution in [2.75, 3.05) is 19.1 Å². The summed E-state index contributed by atoms with van der Waals surface area (Å²) in [6.07, 6.45) is 0. The van der Waals surface area contributed by atoms with E-state index in [0.717, 1.165) is 36.2 Å². The zero-order valence-corrected chi connectivity index (χ0v) is 15.1. The third-order valence-electron chi connectivity index (χ3n) is 3.91. The summed E-state index contributed by atoms with van der Waals surface area (Å²) < 4.78 is 16.2. The van der Waals surface area contributed by atoms with Crippen LogP contribution in [0.1, 0.15) is 43.3 Å². The van der Waals surface area contributed by atoms with E-state index < -0.39 is 0 Å². The van der Waals surface area contributed by atoms with Crippen molar-refractivity contribution < 1.29 is 14.0 Å². The molecular formula is C17H23N3O3S. The molecule has 2 heterocycles. The Hall–Kier alpha value is -1.73. The zero-order chi connectivity index (χ0) is 16.9. The molecule has 1 aliphatic heterocycles. The van der Waals surface area contributed by atoms with Gasteiger partial charge in [0.2, 0.25) is 12.7 Å². The summed E-state index contributed by atoms with van der Waals surface area (Å²) >= 11 is 1.81. The van der Waals surface area contributed by atoms with Crippen molar-refractivity contribution in [3.05, 3.63) is 35.5 Å². The maximum absolute atomic E-state index is 5.44. The molecule has 1 aromatic carbocycles. The predicted molar refractivity (Wildman–Crippen MR) is 93.2 cm³/mol. The molecule has 7 heteroatoms. The highest BCUT2D eigenvalue weighted by Crippen LogP contribution is 2.33. The fourth-order valence-corrected chi connectivity index (χ4v) is 3.34. The first-order valence-corrected chi connectivity index (χ1v) is 9.29. The van der Waals surface area contributed by atoms with Crippen LogP contribution >= 0.6 is 11.8 Å². The predicted octanol–water partition coefficient (Wildman–Crippen LogP) is 3.63. The van der Waals surface area contributed by atoms with E-state index in [1.165, 1.54) is 5.56 Å². The van der Waals surface area contributed by atoms with Crippen molar-refractivity contribution in [1.82, 2.24) is 15.0 Å². The fourth-order valence-electron chi connectivity index (χ4n) is 2.59. The highest BCUT2D eigenvalue weighted by Gasteiger charge is 2.17. The van der Waals surface area contributed by atoms with Gasteiger partial charge in [-0.25, -0.2) is 0 Å². The topological polar surface area (TPSA) is 60.6 Å². The van der Waals surface area contributed by atoms with E-state index in [2.05, 4.69) is 41.9 Å². The third-order valence-corrected chi connectivity index (χ3v) is 4.96. The molecule has 1 aromatic heterocycles. The van der Waals surface area contributed by atoms with Gasteiger partial charge in [0.25, 0.3) is 0 Å². The van der Waals surface area contributed by atoms with E-state index in [1.807, 2.05) is 23.9 Å². The van der Waals surface area contributed by atoms with Crippen molar-refractivity contribution >= 4 is 11.8 Å². The van der Waals surface area contributed by atoms with Crippen molar-refractivity contribution in [2.45, 2.75) is 39.1 Å². The van der Waals surface area contributed by atoms with Gasteiger partial charge in [-0.2, -0.15) is 16.7 Å². The standard InChI is InChI=1S/C17H23N3O3S/c1-4-20(9-13-6-7-14-15(8-13)22-11-21-14)10-16-18-17(19-23-16)12(3)24-5-2/h6-8,12H,4-5,9-11H2,1-3H3/t12-/m1/s1. The molecule has 1 atom stereocenters. The minimum atomic E-state index is 0.261. The second-order valence-electron chi connectivity index (χ2n) is 5.63. The summed E-state index contributed by atoms with van der Waals surface area (Å²) in [4.78, 5) is 6.79. The average molecular weight is 349 g/mol. The van der Waals surface area contributed by atoms with Crippen LogP contribution in [0.15, 0.2) is 22.7 Å². The smallest absolute Gasteiger partial charge is 0.240 e. The molecule has 0 bridgehead atoms. The number of hydrogen-bond donors (Lipinski definition) is 0. The molecule has 2 aromatic rings. The number of aromatic nitrogens is 2. The summed E-state index contributed by atoms with van der Waals surface area (Å²) in [5.41, 5.74) is 1.18. The summed E-state index contributed by atoms with van der Waals surface area (Å²) in [5.74, 6) is 4.10. The number of hydrogen-bond acceptors (Lipinski definition) is 7. The molecule has 6 nitrogen and oxygen atoms in total. The Balaban J connectivity index is 1.62. The van der Waals surface area contributed by atoms with Gasteiger partial charge < -0.3 is 14.0 Å². The van der Waals surface area contributed by atoms with Crippen molar-refractivity contribution in [1.29, 1.82) is 0 Å². The fraction of sp³-hybridized carbons (Fsp3) is 0.529. The molecule has 0 N–H and O–H groups in total. The van der Waals surface area contributed by atoms with Crippen LogP contribution < -0.4 is 9.47 Å². The van der Waals surface area contributed by atoms with Gasteiger partial charge >= 0.3 is 0 Å². The van der Waals surface area contributed by atoms with Gasteiger partial charge in [-0.3, -0.25) is 4.90 Å². The molecule has 0 radical (unpaired) electrons. The van der Waals surface area contributed by atoms with E-state index in [1.54, 1.807) is 0 Å². The van der Waals surface area contributed by atoms with E-state index in [-0.39, 0.29) is 5.25 Å². The van der Waals surface area contributed by atoms with Crippen LogP contribution in [0.3, 0.4) is 0 Å². The molecule has 0 saturated carbocycles. The summed E-state index contributed by atoms with van der Waals surface area (Å²) in [5, 5.41) is 4.37. The molecule has 1 aliphatic rings. The first-order valence-electron chi connectivity index (χ1n) is 8.24. The van der Waals surface area contributed by atoms with Crippen molar-refractivity contribution in [3.63, 3.8) is 0 Å². The maximum Gasteiger partial charge on any atom is 0.240 e. The Labute approximate surface area is 146 Å². The summed E-state index contributed by atoms with van der Waals surface area (Å²) in [6.45, 7) is 8.99. The lowest BCUT2D eigenvalue weighted by molar-refractivity contribution is 0.174. The first-order chi connectivity index (χ1) is 11.7. The SMILES string of the molecule is CCS[C@H](C)c1noc(CN(CC)Cc2ccc3c(c2)OCO3)n1. The molecule has 0 aliphatic carbocycles. The summed E-state index contributed by atoms with van der Waals surface area (Å²) in [6, 6.07) is 6.06. The van der Waals surface area contributed by atoms with Gasteiger partial charge in [0.1, 0.15) is 0 Å². The van der Waals surface area contributed by atoms with Crippen LogP contribution in [0.2, 0.25) is 0 Å². The number of nitrogens with zero attached hydrogens (tertiary/aromatic N) is 3. The van der Waals surface area contributed by atoms with E-state index in [4.69, 9.17) is 14.0 Å². The molecular weight excluding hydrogens is 326 g/mol. The van der Waals surface area contributed by atoms with Crippen molar-refractivity contribution in [3.8, 4) is 11.5 Å². The maximum atomic E-state index is 5.44. The van der Waals surface area contributed by atoms with E-state index >= 15 is 0 Å². The van der Waals surface area contributed by atoms with Crippen LogP contribution in [-0.2, 0) is 13.1 Å². The first kappa shape index (κ1) is 17.1. The Morgan fingerprint density at radius 3 is 2.83 bits per heavy atom. The molecule has 0 fully saturated rings. The number of fused-ring (bicyclic) bond motifs is 1. The third kappa shape index (κ3) is 4.02. The normalized spacial score (nSPS) is 14.3. The molecule has 130 valence electrons. The van der Waals surface area contributed by atoms with Gasteiger partial charge in [0.05, 0.1) is 11.8 Å². The Morgan fingerprint density at radius 1 is 1.21 bits per heavy atom. The molecule has 0 spiro atoms.